The number of carboxylic acids is 1. The molecular weight excluding hydrogens is 1030 g/mol. The molecule has 1 N–H and O–H groups in total. The molecule has 0 aromatic heterocycles. The normalized spacial score (nSPS) is 13.6. The number of aliphatic carboxylic acids is 1. The number of carbonyl (C=O) groups excluding carboxylic acids is 2. The van der Waals surface area contributed by atoms with Crippen LogP contribution in [0.5, 0.6) is 0 Å². The van der Waals surface area contributed by atoms with Gasteiger partial charge in [-0.15, -0.1) is 0 Å². The Labute approximate surface area is 509 Å². The molecular formula is C74H124NO8+. The second-order valence-corrected chi connectivity index (χ2v) is 23.0. The molecule has 0 aliphatic carbocycles. The molecule has 0 saturated heterocycles. The number of nitrogens with zero attached hydrogens (tertiary/aromatic N) is 1. The highest BCUT2D eigenvalue weighted by Gasteiger charge is 2.25. The Hall–Kier alpha value is -4.57. The Morgan fingerprint density at radius 3 is 0.964 bits per heavy atom. The van der Waals surface area contributed by atoms with Crippen LogP contribution in [0.1, 0.15) is 258 Å². The van der Waals surface area contributed by atoms with Crippen molar-refractivity contribution in [2.45, 2.75) is 270 Å². The average molecular weight is 1160 g/mol. The summed E-state index contributed by atoms with van der Waals surface area (Å²) in [6, 6.07) is 0. The first-order valence-electron chi connectivity index (χ1n) is 33.3. The maximum Gasteiger partial charge on any atom is 0.361 e. The standard InChI is InChI=1S/C74H123NO8/c1-6-8-10-12-14-16-18-20-22-24-26-28-30-32-33-34-35-36-37-38-39-41-43-45-47-49-51-53-55-57-59-61-63-65-72(77)83-70(69-82-74(73(78)79)80-67-66-75(3,4)5)68-81-71(76)64-62-60-58-56-54-52-50-48-46-44-42-40-31-29-27-25-23-21-19-17-15-13-11-9-7-2/h8-11,14-17,20-23,26-29,32-33,35-36,40,42,70,74H,6-7,12-13,18-19,24-25,30-31,34,37-39,41,43-69H2,1-5H3/p+1/b10-8-,11-9-,16-14-,17-15-,22-20-,23-21-,28-26-,29-27-,33-32-,36-35-,42-40-. The van der Waals surface area contributed by atoms with Crippen LogP contribution < -0.4 is 0 Å². The SMILES string of the molecule is CC/C=C\C/C=C\C/C=C\C/C=C\C/C=C\C/C=C\CCCCCCCCCCCCCCCCC(=O)OC(COC(=O)CCCCCCCCCCC/C=C\C/C=C\C/C=C\C/C=C\C/C=C\CC)COC(OCC[N+](C)(C)C)C(=O)O. The fourth-order valence-corrected chi connectivity index (χ4v) is 8.87. The van der Waals surface area contributed by atoms with Gasteiger partial charge in [0.05, 0.1) is 34.4 Å². The van der Waals surface area contributed by atoms with E-state index in [9.17, 15) is 19.5 Å². The summed E-state index contributed by atoms with van der Waals surface area (Å²) in [4.78, 5) is 37.6. The number of rotatable bonds is 60. The summed E-state index contributed by atoms with van der Waals surface area (Å²) in [6.07, 6.45) is 88.3. The molecule has 0 aromatic rings. The smallest absolute Gasteiger partial charge is 0.361 e. The average Bonchev–Trinajstić information content (AvgIpc) is 3.46. The van der Waals surface area contributed by atoms with Gasteiger partial charge in [0.15, 0.2) is 6.10 Å². The Bertz CT molecular complexity index is 1820. The van der Waals surface area contributed by atoms with Crippen molar-refractivity contribution in [3.63, 3.8) is 0 Å². The van der Waals surface area contributed by atoms with E-state index in [1.54, 1.807) is 0 Å². The van der Waals surface area contributed by atoms with E-state index in [1.165, 1.54) is 103 Å². The molecule has 472 valence electrons. The third-order valence-corrected chi connectivity index (χ3v) is 13.9. The van der Waals surface area contributed by atoms with Gasteiger partial charge < -0.3 is 28.5 Å². The Balaban J connectivity index is 4.18. The minimum atomic E-state index is -1.52. The van der Waals surface area contributed by atoms with E-state index in [-0.39, 0.29) is 38.6 Å². The summed E-state index contributed by atoms with van der Waals surface area (Å²) in [7, 11) is 5.97. The molecule has 9 nitrogen and oxygen atoms in total. The van der Waals surface area contributed by atoms with Gasteiger partial charge in [0.25, 0.3) is 6.29 Å². The van der Waals surface area contributed by atoms with Crippen LogP contribution >= 0.6 is 0 Å². The zero-order valence-electron chi connectivity index (χ0n) is 53.8. The van der Waals surface area contributed by atoms with Crippen molar-refractivity contribution >= 4 is 17.9 Å². The number of hydrogen-bond acceptors (Lipinski definition) is 7. The molecule has 0 heterocycles. The van der Waals surface area contributed by atoms with Gasteiger partial charge in [0, 0.05) is 12.8 Å². The van der Waals surface area contributed by atoms with Crippen LogP contribution in [0, 0.1) is 0 Å². The Kier molecular flexibility index (Phi) is 60.0. The fraction of sp³-hybridized carbons (Fsp3) is 0.662. The van der Waals surface area contributed by atoms with Gasteiger partial charge in [0.2, 0.25) is 0 Å². The van der Waals surface area contributed by atoms with Gasteiger partial charge in [-0.1, -0.05) is 270 Å². The molecule has 0 bridgehead atoms. The second-order valence-electron chi connectivity index (χ2n) is 23.0. The van der Waals surface area contributed by atoms with Crippen molar-refractivity contribution in [2.24, 2.45) is 0 Å². The van der Waals surface area contributed by atoms with E-state index in [2.05, 4.69) is 148 Å². The van der Waals surface area contributed by atoms with Crippen LogP contribution in [0.4, 0.5) is 0 Å². The summed E-state index contributed by atoms with van der Waals surface area (Å²) in [5.74, 6) is -2.02. The Morgan fingerprint density at radius 2 is 0.651 bits per heavy atom. The van der Waals surface area contributed by atoms with Gasteiger partial charge in [-0.25, -0.2) is 4.79 Å². The highest BCUT2D eigenvalue weighted by molar-refractivity contribution is 5.71. The summed E-state index contributed by atoms with van der Waals surface area (Å²) in [6.45, 7) is 4.64. The van der Waals surface area contributed by atoms with E-state index in [0.29, 0.717) is 17.4 Å². The molecule has 0 aromatic carbocycles. The molecule has 0 fully saturated rings. The topological polar surface area (TPSA) is 108 Å². The van der Waals surface area contributed by atoms with E-state index in [1.807, 2.05) is 21.1 Å². The molecule has 9 heteroatoms. The monoisotopic (exact) mass is 1150 g/mol. The number of hydrogen-bond donors (Lipinski definition) is 1. The predicted molar refractivity (Wildman–Crippen MR) is 354 cm³/mol. The van der Waals surface area contributed by atoms with Crippen molar-refractivity contribution < 1.29 is 42.9 Å². The number of carbonyl (C=O) groups is 3. The number of quaternary nitrogens is 1. The van der Waals surface area contributed by atoms with Crippen LogP contribution in [-0.4, -0.2) is 87.4 Å². The van der Waals surface area contributed by atoms with Gasteiger partial charge in [-0.3, -0.25) is 9.59 Å². The maximum absolute atomic E-state index is 12.9. The van der Waals surface area contributed by atoms with E-state index < -0.39 is 24.3 Å². The molecule has 0 spiro atoms. The highest BCUT2D eigenvalue weighted by atomic mass is 16.7. The van der Waals surface area contributed by atoms with Crippen molar-refractivity contribution in [3.8, 4) is 0 Å². The fourth-order valence-electron chi connectivity index (χ4n) is 8.87. The van der Waals surface area contributed by atoms with Crippen molar-refractivity contribution in [2.75, 3.05) is 47.5 Å². The minimum absolute atomic E-state index is 0.181. The van der Waals surface area contributed by atoms with E-state index >= 15 is 0 Å². The van der Waals surface area contributed by atoms with Crippen molar-refractivity contribution in [3.05, 3.63) is 134 Å². The lowest BCUT2D eigenvalue weighted by Crippen LogP contribution is -2.40. The third kappa shape index (κ3) is 64.8. The van der Waals surface area contributed by atoms with Crippen LogP contribution in [-0.2, 0) is 33.3 Å². The van der Waals surface area contributed by atoms with Crippen molar-refractivity contribution in [1.29, 1.82) is 0 Å². The van der Waals surface area contributed by atoms with Crippen molar-refractivity contribution in [1.82, 2.24) is 0 Å². The molecule has 83 heavy (non-hydrogen) atoms. The molecule has 2 unspecified atom stereocenters. The third-order valence-electron chi connectivity index (χ3n) is 13.9. The quantitative estimate of drug-likeness (QED) is 0.0211. The summed E-state index contributed by atoms with van der Waals surface area (Å²) >= 11 is 0. The number of likely N-dealkylation sites (N-methyl/N-ethyl adjacent to an activating group) is 1. The van der Waals surface area contributed by atoms with Gasteiger partial charge in [-0.05, 0) is 109 Å². The van der Waals surface area contributed by atoms with Crippen LogP contribution in [0.3, 0.4) is 0 Å². The van der Waals surface area contributed by atoms with Crippen LogP contribution in [0.25, 0.3) is 0 Å². The molecule has 0 aliphatic rings. The lowest BCUT2D eigenvalue weighted by Gasteiger charge is -2.25. The molecule has 0 aliphatic heterocycles. The zero-order valence-corrected chi connectivity index (χ0v) is 53.8. The molecule has 0 amide bonds. The van der Waals surface area contributed by atoms with Gasteiger partial charge in [0.1, 0.15) is 13.2 Å². The van der Waals surface area contributed by atoms with Crippen LogP contribution in [0.2, 0.25) is 0 Å². The first-order chi connectivity index (χ1) is 40.6. The summed E-state index contributed by atoms with van der Waals surface area (Å²) in [5.41, 5.74) is 0. The first-order valence-corrected chi connectivity index (χ1v) is 33.3. The summed E-state index contributed by atoms with van der Waals surface area (Å²) < 4.78 is 23.0. The zero-order chi connectivity index (χ0) is 60.5. The molecule has 2 atom stereocenters. The highest BCUT2D eigenvalue weighted by Crippen LogP contribution is 2.16. The lowest BCUT2D eigenvalue weighted by molar-refractivity contribution is -0.870. The number of esters is 2. The maximum atomic E-state index is 12.9. The minimum Gasteiger partial charge on any atom is -0.477 e. The van der Waals surface area contributed by atoms with Crippen LogP contribution in [0.15, 0.2) is 134 Å². The number of allylic oxidation sites excluding steroid dienone is 22. The predicted octanol–water partition coefficient (Wildman–Crippen LogP) is 20.6. The van der Waals surface area contributed by atoms with Gasteiger partial charge >= 0.3 is 17.9 Å². The molecule has 0 radical (unpaired) electrons. The Morgan fingerprint density at radius 1 is 0.361 bits per heavy atom. The molecule has 0 saturated carbocycles. The number of unbranched alkanes of at least 4 members (excludes halogenated alkanes) is 23. The van der Waals surface area contributed by atoms with E-state index in [4.69, 9.17) is 18.9 Å². The van der Waals surface area contributed by atoms with Gasteiger partial charge in [-0.2, -0.15) is 0 Å². The largest absolute Gasteiger partial charge is 0.477 e. The molecule has 0 rings (SSSR count). The first kappa shape index (κ1) is 78.4. The summed E-state index contributed by atoms with van der Waals surface area (Å²) in [5, 5.41) is 9.74. The number of ether oxygens (including phenoxy) is 4. The van der Waals surface area contributed by atoms with E-state index in [0.717, 1.165) is 122 Å². The number of carboxylic acid groups (broad SMARTS) is 1. The second kappa shape index (κ2) is 63.5. The lowest BCUT2D eigenvalue weighted by atomic mass is 10.0.